The van der Waals surface area contributed by atoms with Gasteiger partial charge in [-0.2, -0.15) is 9.78 Å². The standard InChI is InChI=1S/C17H34O6.C6H12/c1-9-10-11-13(14(18)19)12-17(8,22-20-15(2,3)4)23-21-16(5,6)7;1-2-4-6-5-3-1/h13H,9-12H2,1-8H3,(H,18,19);1-6H2. The Kier molecular flexibility index (Phi) is 13.3. The summed E-state index contributed by atoms with van der Waals surface area (Å²) in [7, 11) is 0. The van der Waals surface area contributed by atoms with Gasteiger partial charge in [0.2, 0.25) is 5.79 Å². The maximum Gasteiger partial charge on any atom is 0.306 e. The lowest BCUT2D eigenvalue weighted by Crippen LogP contribution is -2.41. The lowest BCUT2D eigenvalue weighted by atomic mass is 9.94. The van der Waals surface area contributed by atoms with E-state index in [1.54, 1.807) is 6.92 Å². The first kappa shape index (κ1) is 28.3. The molecule has 0 aliphatic heterocycles. The van der Waals surface area contributed by atoms with Gasteiger partial charge < -0.3 is 5.11 Å². The van der Waals surface area contributed by atoms with Gasteiger partial charge in [-0.05, 0) is 54.9 Å². The van der Waals surface area contributed by atoms with E-state index in [1.807, 2.05) is 48.5 Å². The van der Waals surface area contributed by atoms with Crippen LogP contribution in [-0.2, 0) is 24.3 Å². The van der Waals surface area contributed by atoms with E-state index in [2.05, 4.69) is 0 Å². The molecule has 0 aromatic rings. The summed E-state index contributed by atoms with van der Waals surface area (Å²) in [6.45, 7) is 14.7. The number of unbranched alkanes of at least 4 members (excludes halogenated alkanes) is 1. The zero-order chi connectivity index (χ0) is 22.6. The van der Waals surface area contributed by atoms with Crippen LogP contribution >= 0.6 is 0 Å². The Balaban J connectivity index is 0.00000110. The highest BCUT2D eigenvalue weighted by Gasteiger charge is 2.38. The Morgan fingerprint density at radius 3 is 1.45 bits per heavy atom. The molecule has 1 N–H and O–H groups in total. The molecule has 1 saturated carbocycles. The molecule has 0 spiro atoms. The van der Waals surface area contributed by atoms with Crippen LogP contribution in [0.2, 0.25) is 0 Å². The lowest BCUT2D eigenvalue weighted by molar-refractivity contribution is -0.538. The molecule has 0 bridgehead atoms. The Morgan fingerprint density at radius 2 is 1.17 bits per heavy atom. The van der Waals surface area contributed by atoms with Crippen LogP contribution in [0.5, 0.6) is 0 Å². The molecular weight excluding hydrogens is 372 g/mol. The van der Waals surface area contributed by atoms with Crippen LogP contribution in [0, 0.1) is 5.92 Å². The fourth-order valence-electron chi connectivity index (χ4n) is 2.78. The molecule has 1 unspecified atom stereocenters. The van der Waals surface area contributed by atoms with Gasteiger partial charge in [0.05, 0.1) is 17.1 Å². The molecule has 29 heavy (non-hydrogen) atoms. The third-order valence-electron chi connectivity index (χ3n) is 4.31. The van der Waals surface area contributed by atoms with E-state index in [9.17, 15) is 9.90 Å². The molecule has 1 fully saturated rings. The summed E-state index contributed by atoms with van der Waals surface area (Å²) < 4.78 is 0. The minimum Gasteiger partial charge on any atom is -0.481 e. The molecule has 0 aromatic heterocycles. The summed E-state index contributed by atoms with van der Waals surface area (Å²) in [5.74, 6) is -2.77. The third-order valence-corrected chi connectivity index (χ3v) is 4.31. The van der Waals surface area contributed by atoms with Crippen LogP contribution in [0.1, 0.15) is 120 Å². The van der Waals surface area contributed by atoms with Crippen LogP contribution in [0.3, 0.4) is 0 Å². The van der Waals surface area contributed by atoms with Crippen LogP contribution < -0.4 is 0 Å². The largest absolute Gasteiger partial charge is 0.481 e. The normalized spacial score (nSPS) is 16.7. The number of carboxylic acid groups (broad SMARTS) is 1. The van der Waals surface area contributed by atoms with E-state index < -0.39 is 28.9 Å². The lowest BCUT2D eigenvalue weighted by Gasteiger charge is -2.34. The van der Waals surface area contributed by atoms with Crippen LogP contribution in [0.4, 0.5) is 0 Å². The average Bonchev–Trinajstić information content (AvgIpc) is 2.63. The van der Waals surface area contributed by atoms with E-state index in [4.69, 9.17) is 19.6 Å². The Morgan fingerprint density at radius 1 is 0.793 bits per heavy atom. The summed E-state index contributed by atoms with van der Waals surface area (Å²) in [6.07, 6.45) is 11.4. The molecule has 1 atom stereocenters. The smallest absolute Gasteiger partial charge is 0.306 e. The van der Waals surface area contributed by atoms with E-state index >= 15 is 0 Å². The van der Waals surface area contributed by atoms with Gasteiger partial charge in [-0.3, -0.25) is 4.79 Å². The van der Waals surface area contributed by atoms with Crippen molar-refractivity contribution in [3.8, 4) is 0 Å². The van der Waals surface area contributed by atoms with Gasteiger partial charge >= 0.3 is 5.97 Å². The molecule has 0 amide bonds. The minimum absolute atomic E-state index is 0.133. The van der Waals surface area contributed by atoms with Crippen molar-refractivity contribution < 1.29 is 29.5 Å². The summed E-state index contributed by atoms with van der Waals surface area (Å²) in [5, 5.41) is 9.43. The average molecular weight is 419 g/mol. The number of hydrogen-bond acceptors (Lipinski definition) is 5. The van der Waals surface area contributed by atoms with Crippen molar-refractivity contribution in [2.45, 2.75) is 137 Å². The molecule has 1 aliphatic carbocycles. The van der Waals surface area contributed by atoms with Gasteiger partial charge in [0.1, 0.15) is 0 Å². The molecular formula is C23H46O6. The van der Waals surface area contributed by atoms with Gasteiger partial charge in [-0.1, -0.05) is 58.3 Å². The van der Waals surface area contributed by atoms with Gasteiger partial charge in [0.15, 0.2) is 0 Å². The highest BCUT2D eigenvalue weighted by Crippen LogP contribution is 2.30. The first-order chi connectivity index (χ1) is 13.3. The molecule has 6 heteroatoms. The zero-order valence-corrected chi connectivity index (χ0v) is 20.1. The number of rotatable bonds is 10. The highest BCUT2D eigenvalue weighted by atomic mass is 17.3. The number of hydrogen-bond donors (Lipinski definition) is 1. The molecule has 1 rings (SSSR count). The third kappa shape index (κ3) is 16.8. The predicted octanol–water partition coefficient (Wildman–Crippen LogP) is 6.82. The maximum atomic E-state index is 11.5. The second-order valence-electron chi connectivity index (χ2n) is 10.2. The quantitative estimate of drug-likeness (QED) is 0.238. The summed E-state index contributed by atoms with van der Waals surface area (Å²) in [5.41, 5.74) is -1.09. The first-order valence-electron chi connectivity index (χ1n) is 11.2. The Bertz CT molecular complexity index is 402. The molecule has 6 nitrogen and oxygen atoms in total. The van der Waals surface area contributed by atoms with E-state index in [0.29, 0.717) is 6.42 Å². The van der Waals surface area contributed by atoms with Crippen molar-refractivity contribution in [2.24, 2.45) is 5.92 Å². The van der Waals surface area contributed by atoms with Gasteiger partial charge in [-0.15, -0.1) is 0 Å². The van der Waals surface area contributed by atoms with E-state index in [1.165, 1.54) is 38.5 Å². The predicted molar refractivity (Wildman–Crippen MR) is 115 cm³/mol. The molecule has 0 radical (unpaired) electrons. The fourth-order valence-corrected chi connectivity index (χ4v) is 2.78. The number of aliphatic carboxylic acids is 1. The highest BCUT2D eigenvalue weighted by molar-refractivity contribution is 5.70. The van der Waals surface area contributed by atoms with Crippen molar-refractivity contribution in [3.63, 3.8) is 0 Å². The molecule has 1 aliphatic rings. The maximum absolute atomic E-state index is 11.5. The van der Waals surface area contributed by atoms with E-state index in [-0.39, 0.29) is 6.42 Å². The van der Waals surface area contributed by atoms with Crippen molar-refractivity contribution in [3.05, 3.63) is 0 Å². The fraction of sp³-hybridized carbons (Fsp3) is 0.957. The molecule has 0 heterocycles. The van der Waals surface area contributed by atoms with Gasteiger partial charge in [0.25, 0.3) is 0 Å². The first-order valence-corrected chi connectivity index (χ1v) is 11.2. The summed E-state index contributed by atoms with van der Waals surface area (Å²) >= 11 is 0. The van der Waals surface area contributed by atoms with Crippen molar-refractivity contribution in [1.82, 2.24) is 0 Å². The van der Waals surface area contributed by atoms with Crippen LogP contribution in [0.15, 0.2) is 0 Å². The van der Waals surface area contributed by atoms with Crippen LogP contribution in [-0.4, -0.2) is 28.1 Å². The Labute approximate surface area is 178 Å². The number of carboxylic acids is 1. The minimum atomic E-state index is -1.31. The van der Waals surface area contributed by atoms with Gasteiger partial charge in [-0.25, -0.2) is 9.78 Å². The SMILES string of the molecule is C1CCCCC1.CCCCC(CC(C)(OOC(C)(C)C)OOC(C)(C)C)C(=O)O. The van der Waals surface area contributed by atoms with Crippen molar-refractivity contribution >= 4 is 5.97 Å². The summed E-state index contributed by atoms with van der Waals surface area (Å²) in [6, 6.07) is 0. The summed E-state index contributed by atoms with van der Waals surface area (Å²) in [4.78, 5) is 33.1. The second kappa shape index (κ2) is 13.6. The van der Waals surface area contributed by atoms with Crippen LogP contribution in [0.25, 0.3) is 0 Å². The molecule has 0 saturated heterocycles. The molecule has 0 aromatic carbocycles. The van der Waals surface area contributed by atoms with E-state index in [0.717, 1.165) is 12.8 Å². The number of carbonyl (C=O) groups is 1. The van der Waals surface area contributed by atoms with Gasteiger partial charge in [0, 0.05) is 6.42 Å². The van der Waals surface area contributed by atoms with Crippen molar-refractivity contribution in [2.75, 3.05) is 0 Å². The monoisotopic (exact) mass is 418 g/mol. The Hall–Kier alpha value is -0.690. The second-order valence-corrected chi connectivity index (χ2v) is 10.2. The van der Waals surface area contributed by atoms with Crippen molar-refractivity contribution in [1.29, 1.82) is 0 Å². The molecule has 174 valence electrons. The zero-order valence-electron chi connectivity index (χ0n) is 20.1. The topological polar surface area (TPSA) is 74.2 Å².